The van der Waals surface area contributed by atoms with E-state index in [0.29, 0.717) is 24.6 Å². The van der Waals surface area contributed by atoms with Crippen LogP contribution in [0.2, 0.25) is 0 Å². The minimum Gasteiger partial charge on any atom is -0.492 e. The van der Waals surface area contributed by atoms with E-state index < -0.39 is 10.0 Å². The van der Waals surface area contributed by atoms with Gasteiger partial charge in [0, 0.05) is 12.2 Å². The molecule has 0 amide bonds. The van der Waals surface area contributed by atoms with E-state index in [0.717, 1.165) is 31.2 Å². The van der Waals surface area contributed by atoms with E-state index in [1.807, 2.05) is 0 Å². The van der Waals surface area contributed by atoms with Gasteiger partial charge in [-0.05, 0) is 48.8 Å². The molecule has 0 atom stereocenters. The zero-order valence-corrected chi connectivity index (χ0v) is 12.4. The number of anilines is 1. The molecular formula is C14H20N2O3S. The highest BCUT2D eigenvalue weighted by molar-refractivity contribution is 7.89. The molecule has 0 unspecified atom stereocenters. The number of ether oxygens (including phenoxy) is 1. The van der Waals surface area contributed by atoms with Crippen LogP contribution >= 0.6 is 0 Å². The standard InChI is InChI=1S/C14H20N2O3S/c1-14(4-5-14)9-16-20(17,18)12-8-11(15)7-10-3-2-6-19-13(10)12/h7-8,16H,2-6,9,15H2,1H3. The van der Waals surface area contributed by atoms with Gasteiger partial charge in [0.1, 0.15) is 10.6 Å². The summed E-state index contributed by atoms with van der Waals surface area (Å²) in [7, 11) is -3.57. The summed E-state index contributed by atoms with van der Waals surface area (Å²) >= 11 is 0. The number of hydrogen-bond acceptors (Lipinski definition) is 4. The summed E-state index contributed by atoms with van der Waals surface area (Å²) in [6.07, 6.45) is 3.84. The fourth-order valence-electron chi connectivity index (χ4n) is 2.41. The zero-order chi connectivity index (χ0) is 14.4. The quantitative estimate of drug-likeness (QED) is 0.828. The number of nitrogens with two attached hydrogens (primary N) is 1. The van der Waals surface area contributed by atoms with Gasteiger partial charge in [-0.15, -0.1) is 0 Å². The number of rotatable bonds is 4. The second-order valence-electron chi connectivity index (χ2n) is 6.09. The van der Waals surface area contributed by atoms with E-state index in [9.17, 15) is 8.42 Å². The van der Waals surface area contributed by atoms with Gasteiger partial charge in [0.15, 0.2) is 0 Å². The Hall–Kier alpha value is -1.27. The lowest BCUT2D eigenvalue weighted by molar-refractivity contribution is 0.280. The molecule has 1 heterocycles. The lowest BCUT2D eigenvalue weighted by Crippen LogP contribution is -2.30. The van der Waals surface area contributed by atoms with Crippen molar-refractivity contribution in [3.05, 3.63) is 17.7 Å². The van der Waals surface area contributed by atoms with E-state index in [2.05, 4.69) is 11.6 Å². The van der Waals surface area contributed by atoms with E-state index in [1.54, 1.807) is 6.07 Å². The summed E-state index contributed by atoms with van der Waals surface area (Å²) in [5.41, 5.74) is 7.29. The Kier molecular flexibility index (Phi) is 3.17. The predicted octanol–water partition coefficient (Wildman–Crippen LogP) is 1.67. The number of nitrogens with one attached hydrogen (secondary N) is 1. The molecule has 0 spiro atoms. The lowest BCUT2D eigenvalue weighted by Gasteiger charge is -2.21. The van der Waals surface area contributed by atoms with E-state index in [1.165, 1.54) is 6.07 Å². The first-order valence-electron chi connectivity index (χ1n) is 6.95. The van der Waals surface area contributed by atoms with Gasteiger partial charge in [-0.25, -0.2) is 13.1 Å². The Balaban J connectivity index is 1.93. The third kappa shape index (κ3) is 2.62. The summed E-state index contributed by atoms with van der Waals surface area (Å²) in [6, 6.07) is 3.29. The van der Waals surface area contributed by atoms with E-state index in [4.69, 9.17) is 10.5 Å². The van der Waals surface area contributed by atoms with Crippen LogP contribution < -0.4 is 15.2 Å². The van der Waals surface area contributed by atoms with Crippen molar-refractivity contribution in [1.82, 2.24) is 4.72 Å². The fraction of sp³-hybridized carbons (Fsp3) is 0.571. The Morgan fingerprint density at radius 1 is 1.40 bits per heavy atom. The highest BCUT2D eigenvalue weighted by Gasteiger charge is 2.38. The molecular weight excluding hydrogens is 276 g/mol. The number of benzene rings is 1. The van der Waals surface area contributed by atoms with E-state index in [-0.39, 0.29) is 10.3 Å². The largest absolute Gasteiger partial charge is 0.492 e. The number of fused-ring (bicyclic) bond motifs is 1. The van der Waals surface area contributed by atoms with Crippen molar-refractivity contribution in [3.8, 4) is 5.75 Å². The molecule has 1 aromatic carbocycles. The molecule has 3 N–H and O–H groups in total. The van der Waals surface area contributed by atoms with Crippen LogP contribution in [-0.4, -0.2) is 21.6 Å². The molecule has 1 aliphatic heterocycles. The molecule has 110 valence electrons. The third-order valence-electron chi connectivity index (χ3n) is 4.07. The topological polar surface area (TPSA) is 81.4 Å². The maximum atomic E-state index is 12.5. The van der Waals surface area contributed by atoms with Crippen LogP contribution in [0.4, 0.5) is 5.69 Å². The van der Waals surface area contributed by atoms with Crippen molar-refractivity contribution >= 4 is 15.7 Å². The van der Waals surface area contributed by atoms with Crippen molar-refractivity contribution < 1.29 is 13.2 Å². The minimum absolute atomic E-state index is 0.119. The highest BCUT2D eigenvalue weighted by Crippen LogP contribution is 2.44. The number of sulfonamides is 1. The zero-order valence-electron chi connectivity index (χ0n) is 11.6. The molecule has 1 saturated carbocycles. The number of nitrogen functional groups attached to an aromatic ring is 1. The normalized spacial score (nSPS) is 20.1. The predicted molar refractivity (Wildman–Crippen MR) is 77.2 cm³/mol. The van der Waals surface area contributed by atoms with Gasteiger partial charge < -0.3 is 10.5 Å². The number of aryl methyl sites for hydroxylation is 1. The lowest BCUT2D eigenvalue weighted by atomic mass is 10.1. The molecule has 0 radical (unpaired) electrons. The molecule has 1 aliphatic carbocycles. The van der Waals surface area contributed by atoms with Gasteiger partial charge in [0.2, 0.25) is 10.0 Å². The smallest absolute Gasteiger partial charge is 0.244 e. The van der Waals surface area contributed by atoms with Gasteiger partial charge in [-0.1, -0.05) is 6.92 Å². The Bertz CT molecular complexity index is 636. The Morgan fingerprint density at radius 2 is 2.15 bits per heavy atom. The summed E-state index contributed by atoms with van der Waals surface area (Å²) < 4.78 is 33.2. The second-order valence-corrected chi connectivity index (χ2v) is 7.83. The molecule has 3 rings (SSSR count). The van der Waals surface area contributed by atoms with Crippen LogP contribution in [0.5, 0.6) is 5.75 Å². The maximum Gasteiger partial charge on any atom is 0.244 e. The summed E-state index contributed by atoms with van der Waals surface area (Å²) in [5, 5.41) is 0. The molecule has 5 nitrogen and oxygen atoms in total. The van der Waals surface area contributed by atoms with Crippen LogP contribution in [0.25, 0.3) is 0 Å². The van der Waals surface area contributed by atoms with E-state index >= 15 is 0 Å². The molecule has 0 aromatic heterocycles. The van der Waals surface area contributed by atoms with Crippen molar-refractivity contribution in [2.24, 2.45) is 5.41 Å². The molecule has 0 bridgehead atoms. The van der Waals surface area contributed by atoms with Crippen LogP contribution in [0.15, 0.2) is 17.0 Å². The Morgan fingerprint density at radius 3 is 2.85 bits per heavy atom. The molecule has 6 heteroatoms. The summed E-state index contributed by atoms with van der Waals surface area (Å²) in [6.45, 7) is 3.11. The van der Waals surface area contributed by atoms with Crippen LogP contribution in [0.3, 0.4) is 0 Å². The minimum atomic E-state index is -3.57. The maximum absolute atomic E-state index is 12.5. The summed E-state index contributed by atoms with van der Waals surface area (Å²) in [4.78, 5) is 0.177. The first kappa shape index (κ1) is 13.7. The summed E-state index contributed by atoms with van der Waals surface area (Å²) in [5.74, 6) is 0.471. The molecule has 0 saturated heterocycles. The molecule has 20 heavy (non-hydrogen) atoms. The molecule has 1 fully saturated rings. The second kappa shape index (κ2) is 4.63. The van der Waals surface area contributed by atoms with Gasteiger partial charge in [-0.2, -0.15) is 0 Å². The average Bonchev–Trinajstić information content (AvgIpc) is 3.14. The third-order valence-corrected chi connectivity index (χ3v) is 5.48. The Labute approximate surface area is 119 Å². The average molecular weight is 296 g/mol. The van der Waals surface area contributed by atoms with Gasteiger partial charge >= 0.3 is 0 Å². The first-order valence-corrected chi connectivity index (χ1v) is 8.43. The SMILES string of the molecule is CC1(CNS(=O)(=O)c2cc(N)cc3c2OCCC3)CC1. The van der Waals surface area contributed by atoms with Crippen LogP contribution in [0.1, 0.15) is 31.7 Å². The first-order chi connectivity index (χ1) is 9.40. The van der Waals surface area contributed by atoms with Crippen molar-refractivity contribution in [3.63, 3.8) is 0 Å². The number of hydrogen-bond donors (Lipinski definition) is 2. The monoisotopic (exact) mass is 296 g/mol. The van der Waals surface area contributed by atoms with Crippen molar-refractivity contribution in [1.29, 1.82) is 0 Å². The van der Waals surface area contributed by atoms with Crippen LogP contribution in [-0.2, 0) is 16.4 Å². The van der Waals surface area contributed by atoms with Gasteiger partial charge in [-0.3, -0.25) is 0 Å². The fourth-order valence-corrected chi connectivity index (χ4v) is 3.83. The van der Waals surface area contributed by atoms with Gasteiger partial charge in [0.25, 0.3) is 0 Å². The van der Waals surface area contributed by atoms with Crippen molar-refractivity contribution in [2.75, 3.05) is 18.9 Å². The van der Waals surface area contributed by atoms with Crippen molar-refractivity contribution in [2.45, 2.75) is 37.5 Å². The van der Waals surface area contributed by atoms with Gasteiger partial charge in [0.05, 0.1) is 6.61 Å². The highest BCUT2D eigenvalue weighted by atomic mass is 32.2. The molecule has 2 aliphatic rings. The van der Waals surface area contributed by atoms with Crippen LogP contribution in [0, 0.1) is 5.41 Å². The molecule has 1 aromatic rings.